The van der Waals surface area contributed by atoms with Crippen LogP contribution in [-0.4, -0.2) is 40.9 Å². The molecule has 2 atom stereocenters. The average Bonchev–Trinajstić information content (AvgIpc) is 2.57. The molecule has 0 spiro atoms. The third kappa shape index (κ3) is 3.17. The molecular formula is C17H23N5O. The lowest BCUT2D eigenvalue weighted by atomic mass is 10.1. The number of rotatable bonds is 3. The summed E-state index contributed by atoms with van der Waals surface area (Å²) in [6.07, 6.45) is 1.57. The van der Waals surface area contributed by atoms with Gasteiger partial charge < -0.3 is 16.0 Å². The molecular weight excluding hydrogens is 290 g/mol. The fourth-order valence-corrected chi connectivity index (χ4v) is 2.80. The number of hydrogen-bond donors (Lipinski definition) is 2. The van der Waals surface area contributed by atoms with E-state index in [-0.39, 0.29) is 13.0 Å². The van der Waals surface area contributed by atoms with Gasteiger partial charge in [0, 0.05) is 32.8 Å². The number of nitrogen functional groups attached to an aromatic ring is 1. The number of anilines is 2. The van der Waals surface area contributed by atoms with Gasteiger partial charge in [0.15, 0.2) is 0 Å². The molecule has 6 nitrogen and oxygen atoms in total. The lowest BCUT2D eigenvalue weighted by Gasteiger charge is -2.38. The minimum Gasteiger partial charge on any atom is -0.383 e. The highest BCUT2D eigenvalue weighted by molar-refractivity contribution is 6.10. The van der Waals surface area contributed by atoms with Gasteiger partial charge in [-0.25, -0.2) is 9.97 Å². The van der Waals surface area contributed by atoms with E-state index in [9.17, 15) is 4.79 Å². The summed E-state index contributed by atoms with van der Waals surface area (Å²) in [5.74, 6) is 0.848. The lowest BCUT2D eigenvalue weighted by Crippen LogP contribution is -2.54. The summed E-state index contributed by atoms with van der Waals surface area (Å²) in [5.41, 5.74) is 6.58. The van der Waals surface area contributed by atoms with Gasteiger partial charge in [-0.15, -0.1) is 0 Å². The zero-order valence-electron chi connectivity index (χ0n) is 13.4. The molecule has 2 aromatic rings. The Kier molecular flexibility index (Phi) is 4.25. The van der Waals surface area contributed by atoms with Gasteiger partial charge in [0.2, 0.25) is 5.78 Å². The Hall–Kier alpha value is -2.47. The summed E-state index contributed by atoms with van der Waals surface area (Å²) in [6, 6.07) is 9.62. The number of ketones is 1. The average molecular weight is 313 g/mol. The molecule has 1 aliphatic heterocycles. The largest absolute Gasteiger partial charge is 0.383 e. The maximum Gasteiger partial charge on any atom is 0.215 e. The van der Waals surface area contributed by atoms with Gasteiger partial charge in [-0.3, -0.25) is 4.79 Å². The van der Waals surface area contributed by atoms with E-state index in [1.165, 1.54) is 0 Å². The van der Waals surface area contributed by atoms with Crippen molar-refractivity contribution in [2.24, 2.45) is 0 Å². The van der Waals surface area contributed by atoms with Gasteiger partial charge in [-0.1, -0.05) is 6.07 Å². The van der Waals surface area contributed by atoms with E-state index in [4.69, 9.17) is 5.73 Å². The number of nitrogens with zero attached hydrogens (tertiary/aromatic N) is 3. The molecule has 0 unspecified atom stereocenters. The van der Waals surface area contributed by atoms with Crippen LogP contribution in [0.1, 0.15) is 31.3 Å². The Morgan fingerprint density at radius 1 is 1.35 bits per heavy atom. The Morgan fingerprint density at radius 2 is 2.17 bits per heavy atom. The third-order valence-electron chi connectivity index (χ3n) is 4.11. The minimum absolute atomic E-state index is 0. The molecule has 0 aliphatic carbocycles. The Labute approximate surface area is 137 Å². The zero-order chi connectivity index (χ0) is 16.4. The highest BCUT2D eigenvalue weighted by Crippen LogP contribution is 2.20. The first-order valence-electron chi connectivity index (χ1n) is 7.78. The fourth-order valence-electron chi connectivity index (χ4n) is 2.80. The van der Waals surface area contributed by atoms with Crippen LogP contribution in [0.25, 0.3) is 0 Å². The van der Waals surface area contributed by atoms with Crippen LogP contribution in [0.2, 0.25) is 0 Å². The first-order chi connectivity index (χ1) is 11.1. The molecule has 3 heterocycles. The topological polar surface area (TPSA) is 84.1 Å². The Bertz CT molecular complexity index is 724. The van der Waals surface area contributed by atoms with Gasteiger partial charge in [0.05, 0.1) is 5.56 Å². The van der Waals surface area contributed by atoms with E-state index in [1.807, 2.05) is 12.1 Å². The number of piperazine rings is 1. The van der Waals surface area contributed by atoms with E-state index in [0.717, 1.165) is 18.9 Å². The van der Waals surface area contributed by atoms with Crippen molar-refractivity contribution in [2.45, 2.75) is 25.9 Å². The van der Waals surface area contributed by atoms with Gasteiger partial charge >= 0.3 is 0 Å². The van der Waals surface area contributed by atoms with Crippen LogP contribution >= 0.6 is 0 Å². The molecule has 1 saturated heterocycles. The fraction of sp³-hybridized carbons (Fsp3) is 0.353. The summed E-state index contributed by atoms with van der Waals surface area (Å²) in [5, 5.41) is 3.44. The molecule has 0 bridgehead atoms. The van der Waals surface area contributed by atoms with Crippen LogP contribution < -0.4 is 16.0 Å². The van der Waals surface area contributed by atoms with Crippen LogP contribution in [0.5, 0.6) is 0 Å². The first kappa shape index (κ1) is 15.4. The Balaban J connectivity index is 0.00000208. The minimum atomic E-state index is -0.201. The number of carbonyl (C=O) groups excluding carboxylic acids is 1. The molecule has 0 amide bonds. The molecule has 122 valence electrons. The molecule has 3 rings (SSSR count). The van der Waals surface area contributed by atoms with Crippen LogP contribution in [0, 0.1) is 0 Å². The second kappa shape index (κ2) is 6.34. The summed E-state index contributed by atoms with van der Waals surface area (Å²) < 4.78 is 0. The predicted octanol–water partition coefficient (Wildman–Crippen LogP) is 1.72. The maximum atomic E-state index is 12.6. The molecule has 3 N–H and O–H groups in total. The van der Waals surface area contributed by atoms with Crippen molar-refractivity contribution in [1.82, 2.24) is 15.3 Å². The second-order valence-corrected chi connectivity index (χ2v) is 5.96. The van der Waals surface area contributed by atoms with Gasteiger partial charge in [-0.05, 0) is 38.1 Å². The van der Waals surface area contributed by atoms with Crippen LogP contribution in [0.4, 0.5) is 11.6 Å². The maximum absolute atomic E-state index is 12.6. The molecule has 2 aromatic heterocycles. The van der Waals surface area contributed by atoms with Crippen molar-refractivity contribution in [3.8, 4) is 0 Å². The van der Waals surface area contributed by atoms with Gasteiger partial charge in [0.1, 0.15) is 17.3 Å². The Morgan fingerprint density at radius 3 is 2.96 bits per heavy atom. The highest BCUT2D eigenvalue weighted by atomic mass is 16.1. The molecule has 1 fully saturated rings. The van der Waals surface area contributed by atoms with E-state index >= 15 is 0 Å². The summed E-state index contributed by atoms with van der Waals surface area (Å²) >= 11 is 0. The molecule has 1 aliphatic rings. The van der Waals surface area contributed by atoms with Crippen molar-refractivity contribution in [3.05, 3.63) is 47.8 Å². The second-order valence-electron chi connectivity index (χ2n) is 5.96. The van der Waals surface area contributed by atoms with Gasteiger partial charge in [0.25, 0.3) is 0 Å². The van der Waals surface area contributed by atoms with Crippen LogP contribution in [-0.2, 0) is 0 Å². The number of pyridine rings is 2. The highest BCUT2D eigenvalue weighted by Gasteiger charge is 2.24. The standard InChI is InChI=1S/C17H21N5O.H2/c1-11-10-22(12(2)9-20-11)15-7-3-6-14(21-15)16(23)13-5-4-8-19-17(13)18;/h3-8,11-12,20H,9-10H2,1-2H3,(H2,18,19);1H/t11-,12-;/m0./s1. The van der Waals surface area contributed by atoms with Crippen molar-refractivity contribution >= 4 is 17.4 Å². The molecule has 23 heavy (non-hydrogen) atoms. The number of aromatic nitrogens is 2. The lowest BCUT2D eigenvalue weighted by molar-refractivity contribution is 0.103. The normalized spacial score (nSPS) is 21.2. The number of nitrogens with two attached hydrogens (primary N) is 1. The van der Waals surface area contributed by atoms with Crippen LogP contribution in [0.15, 0.2) is 36.5 Å². The predicted molar refractivity (Wildman–Crippen MR) is 92.7 cm³/mol. The summed E-state index contributed by atoms with van der Waals surface area (Å²) in [4.78, 5) is 23.4. The van der Waals surface area contributed by atoms with E-state index in [1.54, 1.807) is 24.4 Å². The smallest absolute Gasteiger partial charge is 0.215 e. The van der Waals surface area contributed by atoms with Crippen molar-refractivity contribution in [2.75, 3.05) is 23.7 Å². The molecule has 0 saturated carbocycles. The summed E-state index contributed by atoms with van der Waals surface area (Å²) in [7, 11) is 0. The first-order valence-corrected chi connectivity index (χ1v) is 7.78. The van der Waals surface area contributed by atoms with Crippen LogP contribution in [0.3, 0.4) is 0 Å². The monoisotopic (exact) mass is 313 g/mol. The van der Waals surface area contributed by atoms with E-state index in [0.29, 0.717) is 23.3 Å². The quantitative estimate of drug-likeness (QED) is 0.840. The van der Waals surface area contributed by atoms with Crippen molar-refractivity contribution in [3.63, 3.8) is 0 Å². The SMILES string of the molecule is C[C@H]1CN(c2cccc(C(=O)c3cccnc3N)n2)[C@@H](C)CN1.[HH]. The number of nitrogens with one attached hydrogen (secondary N) is 1. The third-order valence-corrected chi connectivity index (χ3v) is 4.11. The zero-order valence-corrected chi connectivity index (χ0v) is 13.4. The van der Waals surface area contributed by atoms with Crippen molar-refractivity contribution in [1.29, 1.82) is 0 Å². The molecule has 0 aromatic carbocycles. The van der Waals surface area contributed by atoms with Gasteiger partial charge in [-0.2, -0.15) is 0 Å². The molecule has 0 radical (unpaired) electrons. The van der Waals surface area contributed by atoms with Crippen molar-refractivity contribution < 1.29 is 6.22 Å². The van der Waals surface area contributed by atoms with E-state index in [2.05, 4.69) is 34.0 Å². The number of hydrogen-bond acceptors (Lipinski definition) is 6. The molecule has 6 heteroatoms. The summed E-state index contributed by atoms with van der Waals surface area (Å²) in [6.45, 7) is 6.05. The van der Waals surface area contributed by atoms with E-state index < -0.39 is 0 Å². The number of carbonyl (C=O) groups is 1.